The van der Waals surface area contributed by atoms with Crippen LogP contribution in [0, 0.1) is 6.92 Å². The van der Waals surface area contributed by atoms with Gasteiger partial charge < -0.3 is 9.88 Å². The molecule has 6 nitrogen and oxygen atoms in total. The molecule has 0 fully saturated rings. The maximum Gasteiger partial charge on any atom is 0.161 e. The third-order valence-corrected chi connectivity index (χ3v) is 5.19. The zero-order valence-corrected chi connectivity index (χ0v) is 16.2. The van der Waals surface area contributed by atoms with Crippen LogP contribution in [0.15, 0.2) is 73.2 Å². The van der Waals surface area contributed by atoms with E-state index < -0.39 is 0 Å². The van der Waals surface area contributed by atoms with E-state index in [1.807, 2.05) is 30.6 Å². The fraction of sp³-hybridized carbons (Fsp3) is 0.0870. The minimum absolute atomic E-state index is 0.700. The van der Waals surface area contributed by atoms with E-state index >= 15 is 0 Å². The highest BCUT2D eigenvalue weighted by molar-refractivity contribution is 5.85. The van der Waals surface area contributed by atoms with E-state index in [2.05, 4.69) is 75.4 Å². The molecular formula is C23H20N6. The molecule has 0 aliphatic heterocycles. The zero-order chi connectivity index (χ0) is 19.8. The van der Waals surface area contributed by atoms with Gasteiger partial charge in [-0.1, -0.05) is 24.3 Å². The molecule has 0 aliphatic rings. The predicted molar refractivity (Wildman–Crippen MR) is 116 cm³/mol. The highest BCUT2D eigenvalue weighted by Crippen LogP contribution is 2.26. The van der Waals surface area contributed by atoms with Gasteiger partial charge >= 0.3 is 0 Å². The first-order valence-corrected chi connectivity index (χ1v) is 9.43. The summed E-state index contributed by atoms with van der Waals surface area (Å²) >= 11 is 0. The number of H-pyrrole nitrogens is 1. The molecule has 142 valence electrons. The average Bonchev–Trinajstić information content (AvgIpc) is 3.38. The Morgan fingerprint density at radius 3 is 2.55 bits per heavy atom. The van der Waals surface area contributed by atoms with Gasteiger partial charge in [-0.3, -0.25) is 5.10 Å². The lowest BCUT2D eigenvalue weighted by molar-refractivity contribution is 0.918. The second-order valence-electron chi connectivity index (χ2n) is 7.07. The number of anilines is 2. The lowest BCUT2D eigenvalue weighted by atomic mass is 10.1. The van der Waals surface area contributed by atoms with Gasteiger partial charge in [-0.2, -0.15) is 5.10 Å². The van der Waals surface area contributed by atoms with Crippen molar-refractivity contribution in [2.24, 2.45) is 7.05 Å². The normalized spacial score (nSPS) is 11.1. The van der Waals surface area contributed by atoms with Gasteiger partial charge in [-0.15, -0.1) is 0 Å². The SMILES string of the molecule is Cc1cc2ccc(-c3nccc(Nc4ccc(-c5cn[nH]c5)cc4)n3)cc2n1C. The Morgan fingerprint density at radius 1 is 0.931 bits per heavy atom. The number of nitrogens with zero attached hydrogens (tertiary/aromatic N) is 4. The lowest BCUT2D eigenvalue weighted by Crippen LogP contribution is -1.97. The molecule has 6 heteroatoms. The van der Waals surface area contributed by atoms with Crippen molar-refractivity contribution in [1.29, 1.82) is 0 Å². The fourth-order valence-electron chi connectivity index (χ4n) is 3.48. The average molecular weight is 380 g/mol. The summed E-state index contributed by atoms with van der Waals surface area (Å²) in [5, 5.41) is 11.4. The summed E-state index contributed by atoms with van der Waals surface area (Å²) in [6, 6.07) is 18.6. The van der Waals surface area contributed by atoms with Crippen LogP contribution in [0.25, 0.3) is 33.4 Å². The van der Waals surface area contributed by atoms with Crippen LogP contribution in [0.5, 0.6) is 0 Å². The molecule has 0 aliphatic carbocycles. The molecule has 3 heterocycles. The molecule has 5 aromatic rings. The second kappa shape index (κ2) is 6.91. The van der Waals surface area contributed by atoms with Crippen LogP contribution in [0.1, 0.15) is 5.69 Å². The van der Waals surface area contributed by atoms with Crippen molar-refractivity contribution in [2.45, 2.75) is 6.92 Å². The van der Waals surface area contributed by atoms with E-state index in [1.54, 1.807) is 6.20 Å². The van der Waals surface area contributed by atoms with Crippen LogP contribution in [0.3, 0.4) is 0 Å². The Balaban J connectivity index is 1.42. The van der Waals surface area contributed by atoms with Crippen molar-refractivity contribution >= 4 is 22.4 Å². The molecule has 5 rings (SSSR count). The van der Waals surface area contributed by atoms with Gasteiger partial charge in [-0.25, -0.2) is 9.97 Å². The van der Waals surface area contributed by atoms with Gasteiger partial charge in [0.2, 0.25) is 0 Å². The monoisotopic (exact) mass is 380 g/mol. The van der Waals surface area contributed by atoms with Crippen LogP contribution >= 0.6 is 0 Å². The van der Waals surface area contributed by atoms with Gasteiger partial charge in [-0.05, 0) is 48.2 Å². The van der Waals surface area contributed by atoms with Gasteiger partial charge in [0.05, 0.1) is 6.20 Å². The smallest absolute Gasteiger partial charge is 0.161 e. The van der Waals surface area contributed by atoms with Gasteiger partial charge in [0.1, 0.15) is 5.82 Å². The predicted octanol–water partition coefficient (Wildman–Crippen LogP) is 5.08. The summed E-state index contributed by atoms with van der Waals surface area (Å²) in [5.74, 6) is 1.46. The highest BCUT2D eigenvalue weighted by atomic mass is 15.1. The van der Waals surface area contributed by atoms with Crippen LogP contribution in [0.2, 0.25) is 0 Å². The molecule has 0 spiro atoms. The lowest BCUT2D eigenvalue weighted by Gasteiger charge is -2.08. The Labute approximate surface area is 168 Å². The molecule has 29 heavy (non-hydrogen) atoms. The Hall–Kier alpha value is -3.93. The van der Waals surface area contributed by atoms with Crippen molar-refractivity contribution in [1.82, 2.24) is 24.7 Å². The molecule has 0 unspecified atom stereocenters. The first kappa shape index (κ1) is 17.2. The number of aromatic nitrogens is 5. The highest BCUT2D eigenvalue weighted by Gasteiger charge is 2.08. The number of hydrogen-bond donors (Lipinski definition) is 2. The van der Waals surface area contributed by atoms with Crippen molar-refractivity contribution in [3.05, 3.63) is 78.9 Å². The van der Waals surface area contributed by atoms with E-state index in [9.17, 15) is 0 Å². The van der Waals surface area contributed by atoms with Gasteiger partial charge in [0.15, 0.2) is 5.82 Å². The number of hydrogen-bond acceptors (Lipinski definition) is 4. The quantitative estimate of drug-likeness (QED) is 0.456. The van der Waals surface area contributed by atoms with Crippen LogP contribution in [0.4, 0.5) is 11.5 Å². The summed E-state index contributed by atoms with van der Waals surface area (Å²) in [7, 11) is 2.08. The van der Waals surface area contributed by atoms with Crippen molar-refractivity contribution in [2.75, 3.05) is 5.32 Å². The third kappa shape index (κ3) is 3.25. The first-order chi connectivity index (χ1) is 14.2. The van der Waals surface area contributed by atoms with Gasteiger partial charge in [0, 0.05) is 47.5 Å². The number of aryl methyl sites for hydroxylation is 2. The molecular weight excluding hydrogens is 360 g/mol. The molecule has 2 N–H and O–H groups in total. The second-order valence-corrected chi connectivity index (χ2v) is 7.07. The van der Waals surface area contributed by atoms with E-state index in [0.717, 1.165) is 28.2 Å². The number of fused-ring (bicyclic) bond motifs is 1. The number of aromatic amines is 1. The molecule has 2 aromatic carbocycles. The number of nitrogens with one attached hydrogen (secondary N) is 2. The Kier molecular flexibility index (Phi) is 4.09. The summed E-state index contributed by atoms with van der Waals surface area (Å²) in [6.45, 7) is 2.11. The van der Waals surface area contributed by atoms with Crippen LogP contribution in [-0.2, 0) is 7.05 Å². The third-order valence-electron chi connectivity index (χ3n) is 5.19. The summed E-state index contributed by atoms with van der Waals surface area (Å²) < 4.78 is 2.18. The summed E-state index contributed by atoms with van der Waals surface area (Å²) in [4.78, 5) is 9.18. The minimum Gasteiger partial charge on any atom is -0.348 e. The summed E-state index contributed by atoms with van der Waals surface area (Å²) in [5.41, 5.74) is 6.54. The first-order valence-electron chi connectivity index (χ1n) is 9.43. The van der Waals surface area contributed by atoms with E-state index in [4.69, 9.17) is 4.98 Å². The number of benzene rings is 2. The van der Waals surface area contributed by atoms with Crippen LogP contribution < -0.4 is 5.32 Å². The van der Waals surface area contributed by atoms with Gasteiger partial charge in [0.25, 0.3) is 0 Å². The molecule has 3 aromatic heterocycles. The van der Waals surface area contributed by atoms with Crippen molar-refractivity contribution in [3.8, 4) is 22.5 Å². The number of rotatable bonds is 4. The summed E-state index contributed by atoms with van der Waals surface area (Å²) in [6.07, 6.45) is 5.47. The maximum atomic E-state index is 4.71. The Bertz CT molecular complexity index is 1280. The van der Waals surface area contributed by atoms with E-state index in [-0.39, 0.29) is 0 Å². The molecule has 0 bridgehead atoms. The van der Waals surface area contributed by atoms with E-state index in [1.165, 1.54) is 16.6 Å². The minimum atomic E-state index is 0.700. The molecule has 0 saturated carbocycles. The topological polar surface area (TPSA) is 71.4 Å². The molecule has 0 amide bonds. The van der Waals surface area contributed by atoms with Crippen molar-refractivity contribution in [3.63, 3.8) is 0 Å². The zero-order valence-electron chi connectivity index (χ0n) is 16.2. The maximum absolute atomic E-state index is 4.71. The molecule has 0 radical (unpaired) electrons. The fourth-order valence-corrected chi connectivity index (χ4v) is 3.48. The molecule has 0 saturated heterocycles. The molecule has 0 atom stereocenters. The largest absolute Gasteiger partial charge is 0.348 e. The van der Waals surface area contributed by atoms with Crippen molar-refractivity contribution < 1.29 is 0 Å². The standard InChI is InChI=1S/C23H20N6/c1-15-11-17-3-4-18(12-21(17)29(15)2)23-24-10-9-22(28-23)27-20-7-5-16(6-8-20)19-13-25-26-14-19/h3-14H,1-2H3,(H,25,26)(H,24,27,28). The Morgan fingerprint density at radius 2 is 1.76 bits per heavy atom. The van der Waals surface area contributed by atoms with E-state index in [0.29, 0.717) is 5.82 Å². The van der Waals surface area contributed by atoms with Crippen LogP contribution in [-0.4, -0.2) is 24.7 Å².